The summed E-state index contributed by atoms with van der Waals surface area (Å²) in [4.78, 5) is 3.10. The van der Waals surface area contributed by atoms with E-state index in [-0.39, 0.29) is 0 Å². The fourth-order valence-corrected chi connectivity index (χ4v) is 3.75. The highest BCUT2D eigenvalue weighted by Crippen LogP contribution is 2.43. The van der Waals surface area contributed by atoms with E-state index in [1.807, 2.05) is 11.3 Å². The highest BCUT2D eigenvalue weighted by atomic mass is 32.1. The Morgan fingerprint density at radius 3 is 2.86 bits per heavy atom. The van der Waals surface area contributed by atoms with Crippen molar-refractivity contribution >= 4 is 11.3 Å². The largest absolute Gasteiger partial charge is 0.330 e. The Balaban J connectivity index is 2.33. The van der Waals surface area contributed by atoms with Crippen molar-refractivity contribution in [3.8, 4) is 0 Å². The van der Waals surface area contributed by atoms with Crippen LogP contribution in [0.4, 0.5) is 0 Å². The molecule has 1 aromatic heterocycles. The van der Waals surface area contributed by atoms with E-state index in [9.17, 15) is 0 Å². The lowest BCUT2D eigenvalue weighted by Crippen LogP contribution is -2.14. The molecule has 1 aliphatic carbocycles. The molecule has 0 aromatic carbocycles. The van der Waals surface area contributed by atoms with Gasteiger partial charge in [0.15, 0.2) is 0 Å². The summed E-state index contributed by atoms with van der Waals surface area (Å²) in [5.74, 6) is 2.05. The Morgan fingerprint density at radius 2 is 2.29 bits per heavy atom. The van der Waals surface area contributed by atoms with Crippen molar-refractivity contribution in [3.63, 3.8) is 0 Å². The second kappa shape index (κ2) is 3.67. The molecule has 1 nitrogen and oxygen atoms in total. The molecule has 1 aromatic rings. The second-order valence-electron chi connectivity index (χ2n) is 4.72. The lowest BCUT2D eigenvalue weighted by molar-refractivity contribution is 0.509. The highest BCUT2D eigenvalue weighted by molar-refractivity contribution is 7.12. The molecule has 2 N–H and O–H groups in total. The quantitative estimate of drug-likeness (QED) is 0.796. The van der Waals surface area contributed by atoms with Gasteiger partial charge in [0, 0.05) is 22.2 Å². The minimum Gasteiger partial charge on any atom is -0.330 e. The molecule has 0 amide bonds. The van der Waals surface area contributed by atoms with Crippen LogP contribution in [0.2, 0.25) is 0 Å². The van der Waals surface area contributed by atoms with Gasteiger partial charge in [-0.15, -0.1) is 11.3 Å². The van der Waals surface area contributed by atoms with Crippen molar-refractivity contribution < 1.29 is 0 Å². The first-order valence-electron chi connectivity index (χ1n) is 5.46. The molecule has 2 heteroatoms. The first-order chi connectivity index (χ1) is 6.63. The van der Waals surface area contributed by atoms with Crippen molar-refractivity contribution in [1.82, 2.24) is 0 Å². The number of fused-ring (bicyclic) bond motifs is 1. The number of thiophene rings is 1. The maximum Gasteiger partial charge on any atom is 0.0127 e. The summed E-state index contributed by atoms with van der Waals surface area (Å²) in [7, 11) is 0. The van der Waals surface area contributed by atoms with Crippen LogP contribution in [0.25, 0.3) is 0 Å². The van der Waals surface area contributed by atoms with E-state index in [4.69, 9.17) is 5.73 Å². The minimum atomic E-state index is 0.627. The van der Waals surface area contributed by atoms with Crippen LogP contribution in [0.1, 0.15) is 47.9 Å². The SMILES string of the molecule is CC(C)c1cc2c(s1)C(CN)C(C)C2. The van der Waals surface area contributed by atoms with Gasteiger partial charge in [-0.1, -0.05) is 20.8 Å². The standard InChI is InChI=1S/C12H19NS/c1-7(2)11-5-9-4-8(3)10(6-13)12(9)14-11/h5,7-8,10H,4,6,13H2,1-3H3. The summed E-state index contributed by atoms with van der Waals surface area (Å²) >= 11 is 1.99. The van der Waals surface area contributed by atoms with Crippen molar-refractivity contribution in [2.24, 2.45) is 11.7 Å². The van der Waals surface area contributed by atoms with Crippen molar-refractivity contribution in [2.45, 2.75) is 39.0 Å². The molecule has 0 bridgehead atoms. The Bertz CT molecular complexity index is 327. The predicted molar refractivity (Wildman–Crippen MR) is 63.1 cm³/mol. The van der Waals surface area contributed by atoms with Gasteiger partial charge in [0.25, 0.3) is 0 Å². The van der Waals surface area contributed by atoms with Gasteiger partial charge in [-0.05, 0) is 29.9 Å². The molecule has 78 valence electrons. The third-order valence-corrected chi connectivity index (χ3v) is 4.86. The molecule has 0 saturated carbocycles. The zero-order valence-corrected chi connectivity index (χ0v) is 10.0. The van der Waals surface area contributed by atoms with Crippen LogP contribution in [0.3, 0.4) is 0 Å². The van der Waals surface area contributed by atoms with E-state index in [0.29, 0.717) is 11.8 Å². The molecular formula is C12H19NS. The molecule has 0 fully saturated rings. The van der Waals surface area contributed by atoms with E-state index >= 15 is 0 Å². The minimum absolute atomic E-state index is 0.627. The van der Waals surface area contributed by atoms with Crippen LogP contribution in [-0.2, 0) is 6.42 Å². The lowest BCUT2D eigenvalue weighted by Gasteiger charge is -2.13. The third-order valence-electron chi connectivity index (χ3n) is 3.25. The van der Waals surface area contributed by atoms with E-state index in [2.05, 4.69) is 26.8 Å². The molecule has 2 rings (SSSR count). The molecular weight excluding hydrogens is 190 g/mol. The highest BCUT2D eigenvalue weighted by Gasteiger charge is 2.30. The molecule has 1 heterocycles. The average molecular weight is 209 g/mol. The number of nitrogens with two attached hydrogens (primary N) is 1. The molecule has 1 aliphatic rings. The Kier molecular flexibility index (Phi) is 2.67. The van der Waals surface area contributed by atoms with E-state index in [1.54, 1.807) is 10.4 Å². The summed E-state index contributed by atoms with van der Waals surface area (Å²) in [6.07, 6.45) is 1.24. The lowest BCUT2D eigenvalue weighted by atomic mass is 9.98. The van der Waals surface area contributed by atoms with E-state index < -0.39 is 0 Å². The van der Waals surface area contributed by atoms with Gasteiger partial charge in [0.2, 0.25) is 0 Å². The molecule has 2 atom stereocenters. The van der Waals surface area contributed by atoms with Gasteiger partial charge in [-0.25, -0.2) is 0 Å². The van der Waals surface area contributed by atoms with Crippen molar-refractivity contribution in [1.29, 1.82) is 0 Å². The normalized spacial score (nSPS) is 25.8. The van der Waals surface area contributed by atoms with Gasteiger partial charge >= 0.3 is 0 Å². The Hall–Kier alpha value is -0.340. The van der Waals surface area contributed by atoms with Crippen LogP contribution in [0.15, 0.2) is 6.07 Å². The third kappa shape index (κ3) is 1.51. The van der Waals surface area contributed by atoms with Crippen LogP contribution < -0.4 is 5.73 Å². The van der Waals surface area contributed by atoms with Crippen LogP contribution >= 0.6 is 11.3 Å². The van der Waals surface area contributed by atoms with Crippen LogP contribution in [0, 0.1) is 5.92 Å². The van der Waals surface area contributed by atoms with Gasteiger partial charge < -0.3 is 5.73 Å². The fraction of sp³-hybridized carbons (Fsp3) is 0.667. The zero-order chi connectivity index (χ0) is 10.3. The first kappa shape index (κ1) is 10.2. The second-order valence-corrected chi connectivity index (χ2v) is 5.83. The Morgan fingerprint density at radius 1 is 1.57 bits per heavy atom. The zero-order valence-electron chi connectivity index (χ0n) is 9.21. The van der Waals surface area contributed by atoms with Gasteiger partial charge in [0.05, 0.1) is 0 Å². The van der Waals surface area contributed by atoms with Gasteiger partial charge in [-0.3, -0.25) is 0 Å². The topological polar surface area (TPSA) is 26.0 Å². The van der Waals surface area contributed by atoms with Crippen LogP contribution in [-0.4, -0.2) is 6.54 Å². The number of rotatable bonds is 2. The maximum absolute atomic E-state index is 5.83. The van der Waals surface area contributed by atoms with Gasteiger partial charge in [-0.2, -0.15) is 0 Å². The Labute approximate surface area is 90.3 Å². The van der Waals surface area contributed by atoms with E-state index in [0.717, 1.165) is 12.5 Å². The van der Waals surface area contributed by atoms with Gasteiger partial charge in [0.1, 0.15) is 0 Å². The first-order valence-corrected chi connectivity index (χ1v) is 6.27. The average Bonchev–Trinajstić information content (AvgIpc) is 2.60. The fourth-order valence-electron chi connectivity index (χ4n) is 2.31. The molecule has 14 heavy (non-hydrogen) atoms. The molecule has 0 spiro atoms. The smallest absolute Gasteiger partial charge is 0.0127 e. The summed E-state index contributed by atoms with van der Waals surface area (Å²) < 4.78 is 0. The van der Waals surface area contributed by atoms with Crippen molar-refractivity contribution in [3.05, 3.63) is 21.4 Å². The monoisotopic (exact) mass is 209 g/mol. The molecule has 2 unspecified atom stereocenters. The van der Waals surface area contributed by atoms with Crippen LogP contribution in [0.5, 0.6) is 0 Å². The number of hydrogen-bond acceptors (Lipinski definition) is 2. The summed E-state index contributed by atoms with van der Waals surface area (Å²) in [5.41, 5.74) is 7.40. The van der Waals surface area contributed by atoms with Crippen molar-refractivity contribution in [2.75, 3.05) is 6.54 Å². The summed E-state index contributed by atoms with van der Waals surface area (Å²) in [6.45, 7) is 7.66. The molecule has 0 saturated heterocycles. The maximum atomic E-state index is 5.83. The molecule has 0 aliphatic heterocycles. The summed E-state index contributed by atoms with van der Waals surface area (Å²) in [6, 6.07) is 2.40. The predicted octanol–water partition coefficient (Wildman–Crippen LogP) is 3.11. The molecule has 0 radical (unpaired) electrons. The summed E-state index contributed by atoms with van der Waals surface area (Å²) in [5, 5.41) is 0. The van der Waals surface area contributed by atoms with E-state index in [1.165, 1.54) is 11.3 Å². The number of hydrogen-bond donors (Lipinski definition) is 1.